The highest BCUT2D eigenvalue weighted by Crippen LogP contribution is 2.27. The Balaban J connectivity index is 1.58. The summed E-state index contributed by atoms with van der Waals surface area (Å²) in [4.78, 5) is 24.3. The third kappa shape index (κ3) is 4.90. The number of hydrogen-bond acceptors (Lipinski definition) is 4. The van der Waals surface area contributed by atoms with Crippen molar-refractivity contribution in [1.29, 1.82) is 0 Å². The first-order valence-electron chi connectivity index (χ1n) is 8.53. The summed E-state index contributed by atoms with van der Waals surface area (Å²) < 4.78 is 10.2. The van der Waals surface area contributed by atoms with E-state index < -0.39 is 18.5 Å². The van der Waals surface area contributed by atoms with Gasteiger partial charge in [0.05, 0.1) is 18.4 Å². The molecule has 0 heterocycles. The zero-order valence-corrected chi connectivity index (χ0v) is 15.9. The van der Waals surface area contributed by atoms with Crippen LogP contribution in [0.4, 0.5) is 5.69 Å². The van der Waals surface area contributed by atoms with Gasteiger partial charge >= 0.3 is 5.97 Å². The van der Waals surface area contributed by atoms with Gasteiger partial charge in [-0.3, -0.25) is 4.79 Å². The van der Waals surface area contributed by atoms with E-state index in [1.165, 1.54) is 7.11 Å². The molecule has 6 heteroatoms. The third-order valence-electron chi connectivity index (χ3n) is 4.00. The van der Waals surface area contributed by atoms with Gasteiger partial charge in [0.2, 0.25) is 0 Å². The second-order valence-electron chi connectivity index (χ2n) is 5.91. The number of methoxy groups -OCH3 is 1. The Hall–Kier alpha value is -3.31. The van der Waals surface area contributed by atoms with Crippen LogP contribution >= 0.6 is 11.6 Å². The van der Waals surface area contributed by atoms with Crippen LogP contribution in [0.2, 0.25) is 5.02 Å². The number of anilines is 1. The lowest BCUT2D eigenvalue weighted by atomic mass is 10.0. The topological polar surface area (TPSA) is 64.6 Å². The maximum absolute atomic E-state index is 12.2. The molecule has 0 aliphatic carbocycles. The Labute approximate surface area is 167 Å². The number of hydrogen-bond donors (Lipinski definition) is 1. The quantitative estimate of drug-likeness (QED) is 0.608. The molecule has 0 aliphatic rings. The summed E-state index contributed by atoms with van der Waals surface area (Å²) in [5.41, 5.74) is 2.82. The molecule has 1 N–H and O–H groups in total. The zero-order chi connectivity index (χ0) is 19.9. The van der Waals surface area contributed by atoms with Crippen molar-refractivity contribution in [2.45, 2.75) is 0 Å². The lowest BCUT2D eigenvalue weighted by Gasteiger charge is -2.11. The van der Waals surface area contributed by atoms with Crippen molar-refractivity contribution in [2.75, 3.05) is 19.0 Å². The Bertz CT molecular complexity index is 972. The number of esters is 1. The molecular formula is C22H18ClNO4. The van der Waals surface area contributed by atoms with Gasteiger partial charge in [0, 0.05) is 5.02 Å². The van der Waals surface area contributed by atoms with E-state index in [0.717, 1.165) is 11.1 Å². The first kappa shape index (κ1) is 19.5. The lowest BCUT2D eigenvalue weighted by molar-refractivity contribution is -0.119. The standard InChI is InChI=1S/C22H18ClNO4/c1-27-20-12-11-18(23)13-19(20)24-21(25)14-28-22(26)17-9-7-16(8-10-17)15-5-3-2-4-6-15/h2-13H,14H2,1H3,(H,24,25). The molecule has 3 rings (SSSR count). The number of nitrogens with one attached hydrogen (secondary N) is 1. The van der Waals surface area contributed by atoms with Crippen LogP contribution < -0.4 is 10.1 Å². The molecule has 0 fully saturated rings. The molecule has 0 saturated heterocycles. The Morgan fingerprint density at radius 3 is 2.29 bits per heavy atom. The molecule has 142 valence electrons. The summed E-state index contributed by atoms with van der Waals surface area (Å²) in [5.74, 6) is -0.608. The van der Waals surface area contributed by atoms with Crippen molar-refractivity contribution >= 4 is 29.2 Å². The van der Waals surface area contributed by atoms with Gasteiger partial charge in [0.1, 0.15) is 5.75 Å². The van der Waals surface area contributed by atoms with Gasteiger partial charge in [-0.05, 0) is 41.5 Å². The first-order chi connectivity index (χ1) is 13.6. The molecule has 0 unspecified atom stereocenters. The van der Waals surface area contributed by atoms with E-state index in [0.29, 0.717) is 22.0 Å². The maximum atomic E-state index is 12.2. The van der Waals surface area contributed by atoms with Gasteiger partial charge in [-0.15, -0.1) is 0 Å². The highest BCUT2D eigenvalue weighted by Gasteiger charge is 2.13. The van der Waals surface area contributed by atoms with E-state index in [4.69, 9.17) is 21.1 Å². The van der Waals surface area contributed by atoms with E-state index >= 15 is 0 Å². The van der Waals surface area contributed by atoms with Crippen LogP contribution in [0.5, 0.6) is 5.75 Å². The van der Waals surface area contributed by atoms with E-state index in [2.05, 4.69) is 5.32 Å². The molecule has 0 spiro atoms. The van der Waals surface area contributed by atoms with Crippen molar-refractivity contribution in [3.8, 4) is 16.9 Å². The molecule has 0 bridgehead atoms. The van der Waals surface area contributed by atoms with Crippen LogP contribution in [0.1, 0.15) is 10.4 Å². The molecule has 0 aromatic heterocycles. The van der Waals surface area contributed by atoms with Crippen LogP contribution in [-0.4, -0.2) is 25.6 Å². The first-order valence-corrected chi connectivity index (χ1v) is 8.90. The van der Waals surface area contributed by atoms with Crippen LogP contribution in [0.3, 0.4) is 0 Å². The molecule has 3 aromatic carbocycles. The average Bonchev–Trinajstić information content (AvgIpc) is 2.73. The number of halogens is 1. The number of carbonyl (C=O) groups is 2. The molecule has 5 nitrogen and oxygen atoms in total. The molecule has 0 radical (unpaired) electrons. The zero-order valence-electron chi connectivity index (χ0n) is 15.1. The molecular weight excluding hydrogens is 378 g/mol. The van der Waals surface area contributed by atoms with Gasteiger partial charge in [-0.25, -0.2) is 4.79 Å². The Kier molecular flexibility index (Phi) is 6.29. The van der Waals surface area contributed by atoms with Crippen molar-refractivity contribution in [3.63, 3.8) is 0 Å². The molecule has 0 saturated carbocycles. The molecule has 28 heavy (non-hydrogen) atoms. The van der Waals surface area contributed by atoms with Crippen molar-refractivity contribution in [3.05, 3.63) is 83.4 Å². The van der Waals surface area contributed by atoms with Gasteiger partial charge in [0.15, 0.2) is 6.61 Å². The second kappa shape index (κ2) is 9.06. The Morgan fingerprint density at radius 1 is 0.929 bits per heavy atom. The summed E-state index contributed by atoms with van der Waals surface area (Å²) in [6.07, 6.45) is 0. The minimum atomic E-state index is -0.576. The van der Waals surface area contributed by atoms with Crippen LogP contribution in [-0.2, 0) is 9.53 Å². The van der Waals surface area contributed by atoms with Crippen molar-refractivity contribution in [2.24, 2.45) is 0 Å². The van der Waals surface area contributed by atoms with E-state index in [-0.39, 0.29) is 0 Å². The summed E-state index contributed by atoms with van der Waals surface area (Å²) in [7, 11) is 1.48. The van der Waals surface area contributed by atoms with Gasteiger partial charge in [0.25, 0.3) is 5.91 Å². The summed E-state index contributed by atoms with van der Waals surface area (Å²) in [5, 5.41) is 3.06. The van der Waals surface area contributed by atoms with E-state index in [1.54, 1.807) is 30.3 Å². The van der Waals surface area contributed by atoms with Crippen LogP contribution in [0.15, 0.2) is 72.8 Å². The summed E-state index contributed by atoms with van der Waals surface area (Å²) in [6, 6.07) is 21.7. The number of carbonyl (C=O) groups excluding carboxylic acids is 2. The fraction of sp³-hybridized carbons (Fsp3) is 0.0909. The monoisotopic (exact) mass is 395 g/mol. The van der Waals surface area contributed by atoms with E-state index in [9.17, 15) is 9.59 Å². The minimum absolute atomic E-state index is 0.368. The molecule has 0 aliphatic heterocycles. The Morgan fingerprint density at radius 2 is 1.61 bits per heavy atom. The fourth-order valence-corrected chi connectivity index (χ4v) is 2.78. The highest BCUT2D eigenvalue weighted by atomic mass is 35.5. The lowest BCUT2D eigenvalue weighted by Crippen LogP contribution is -2.21. The summed E-state index contributed by atoms with van der Waals surface area (Å²) in [6.45, 7) is -0.422. The van der Waals surface area contributed by atoms with Crippen LogP contribution in [0.25, 0.3) is 11.1 Å². The maximum Gasteiger partial charge on any atom is 0.338 e. The number of benzene rings is 3. The van der Waals surface area contributed by atoms with Gasteiger partial charge in [-0.2, -0.15) is 0 Å². The molecule has 3 aromatic rings. The predicted octanol–water partition coefficient (Wildman–Crippen LogP) is 4.81. The molecule has 0 atom stereocenters. The number of amides is 1. The van der Waals surface area contributed by atoms with Gasteiger partial charge < -0.3 is 14.8 Å². The van der Waals surface area contributed by atoms with Crippen LogP contribution in [0, 0.1) is 0 Å². The normalized spacial score (nSPS) is 10.2. The summed E-state index contributed by atoms with van der Waals surface area (Å²) >= 11 is 5.93. The fourth-order valence-electron chi connectivity index (χ4n) is 2.61. The van der Waals surface area contributed by atoms with Crippen molar-refractivity contribution in [1.82, 2.24) is 0 Å². The highest BCUT2D eigenvalue weighted by molar-refractivity contribution is 6.31. The average molecular weight is 396 g/mol. The smallest absolute Gasteiger partial charge is 0.338 e. The largest absolute Gasteiger partial charge is 0.495 e. The SMILES string of the molecule is COc1ccc(Cl)cc1NC(=O)COC(=O)c1ccc(-c2ccccc2)cc1. The predicted molar refractivity (Wildman–Crippen MR) is 109 cm³/mol. The third-order valence-corrected chi connectivity index (χ3v) is 4.23. The second-order valence-corrected chi connectivity index (χ2v) is 6.35. The van der Waals surface area contributed by atoms with Gasteiger partial charge in [-0.1, -0.05) is 54.1 Å². The number of ether oxygens (including phenoxy) is 2. The van der Waals surface area contributed by atoms with E-state index in [1.807, 2.05) is 42.5 Å². The van der Waals surface area contributed by atoms with Crippen molar-refractivity contribution < 1.29 is 19.1 Å². The number of rotatable bonds is 6. The minimum Gasteiger partial charge on any atom is -0.495 e. The molecule has 1 amide bonds.